The first-order valence-electron chi connectivity index (χ1n) is 3.98. The highest BCUT2D eigenvalue weighted by molar-refractivity contribution is 5.04. The van der Waals surface area contributed by atoms with Crippen molar-refractivity contribution in [1.82, 2.24) is 10.2 Å². The Labute approximate surface area is 70.9 Å². The fraction of sp³-hybridized carbons (Fsp3) is 0.714. The molecule has 2 N–H and O–H groups in total. The molecule has 68 valence electrons. The molecule has 0 saturated heterocycles. The SMILES string of the molecule is CCCOCCc1nnc(N)o1. The summed E-state index contributed by atoms with van der Waals surface area (Å²) in [7, 11) is 0. The number of nitrogens with two attached hydrogens (primary N) is 1. The van der Waals surface area contributed by atoms with Crippen LogP contribution in [0.4, 0.5) is 6.01 Å². The van der Waals surface area contributed by atoms with E-state index >= 15 is 0 Å². The zero-order valence-electron chi connectivity index (χ0n) is 7.12. The van der Waals surface area contributed by atoms with E-state index in [9.17, 15) is 0 Å². The van der Waals surface area contributed by atoms with Crippen LogP contribution < -0.4 is 5.73 Å². The van der Waals surface area contributed by atoms with Crippen LogP contribution in [0.25, 0.3) is 0 Å². The quantitative estimate of drug-likeness (QED) is 0.657. The van der Waals surface area contributed by atoms with Crippen molar-refractivity contribution < 1.29 is 9.15 Å². The molecule has 0 spiro atoms. The monoisotopic (exact) mass is 171 g/mol. The molecular formula is C7H13N3O2. The molecule has 1 rings (SSSR count). The zero-order valence-corrected chi connectivity index (χ0v) is 7.12. The molecule has 0 radical (unpaired) electrons. The summed E-state index contributed by atoms with van der Waals surface area (Å²) in [6.07, 6.45) is 1.65. The first-order chi connectivity index (χ1) is 5.83. The van der Waals surface area contributed by atoms with Crippen LogP contribution in [-0.4, -0.2) is 23.4 Å². The average Bonchev–Trinajstić information content (AvgIpc) is 2.45. The second-order valence-corrected chi connectivity index (χ2v) is 2.40. The van der Waals surface area contributed by atoms with Gasteiger partial charge in [0.05, 0.1) is 6.61 Å². The average molecular weight is 171 g/mol. The van der Waals surface area contributed by atoms with Crippen molar-refractivity contribution in [2.45, 2.75) is 19.8 Å². The highest BCUT2D eigenvalue weighted by Crippen LogP contribution is 2.00. The van der Waals surface area contributed by atoms with Gasteiger partial charge < -0.3 is 14.9 Å². The molecule has 0 aromatic carbocycles. The Bertz CT molecular complexity index is 224. The van der Waals surface area contributed by atoms with Crippen LogP contribution in [0, 0.1) is 0 Å². The largest absolute Gasteiger partial charge is 0.408 e. The summed E-state index contributed by atoms with van der Waals surface area (Å²) in [6.45, 7) is 3.43. The van der Waals surface area contributed by atoms with Crippen molar-refractivity contribution >= 4 is 6.01 Å². The number of hydrogen-bond donors (Lipinski definition) is 1. The van der Waals surface area contributed by atoms with Crippen LogP contribution in [0.15, 0.2) is 4.42 Å². The lowest BCUT2D eigenvalue weighted by molar-refractivity contribution is 0.133. The van der Waals surface area contributed by atoms with E-state index in [1.54, 1.807) is 0 Å². The third-order valence-electron chi connectivity index (χ3n) is 1.29. The maximum atomic E-state index is 5.23. The maximum absolute atomic E-state index is 5.23. The molecule has 0 aliphatic heterocycles. The van der Waals surface area contributed by atoms with Gasteiger partial charge in [0.2, 0.25) is 5.89 Å². The van der Waals surface area contributed by atoms with Gasteiger partial charge in [-0.25, -0.2) is 0 Å². The second-order valence-electron chi connectivity index (χ2n) is 2.40. The van der Waals surface area contributed by atoms with Gasteiger partial charge in [0.25, 0.3) is 0 Å². The van der Waals surface area contributed by atoms with Crippen molar-refractivity contribution in [3.8, 4) is 0 Å². The molecule has 0 aliphatic carbocycles. The predicted molar refractivity (Wildman–Crippen MR) is 43.5 cm³/mol. The van der Waals surface area contributed by atoms with Gasteiger partial charge in [-0.2, -0.15) is 0 Å². The summed E-state index contributed by atoms with van der Waals surface area (Å²) in [5, 5.41) is 7.21. The molecule has 0 amide bonds. The Morgan fingerprint density at radius 3 is 2.83 bits per heavy atom. The van der Waals surface area contributed by atoms with Crippen LogP contribution in [-0.2, 0) is 11.2 Å². The van der Waals surface area contributed by atoms with E-state index in [-0.39, 0.29) is 6.01 Å². The van der Waals surface area contributed by atoms with Gasteiger partial charge in [-0.3, -0.25) is 0 Å². The lowest BCUT2D eigenvalue weighted by Crippen LogP contribution is -1.99. The highest BCUT2D eigenvalue weighted by Gasteiger charge is 2.01. The summed E-state index contributed by atoms with van der Waals surface area (Å²) < 4.78 is 10.2. The van der Waals surface area contributed by atoms with Gasteiger partial charge in [0, 0.05) is 13.0 Å². The molecule has 1 heterocycles. The van der Waals surface area contributed by atoms with Gasteiger partial charge in [-0.1, -0.05) is 12.0 Å². The van der Waals surface area contributed by atoms with Crippen molar-refractivity contribution in [3.63, 3.8) is 0 Å². The topological polar surface area (TPSA) is 74.2 Å². The summed E-state index contributed by atoms with van der Waals surface area (Å²) in [5.41, 5.74) is 5.23. The van der Waals surface area contributed by atoms with Gasteiger partial charge in [0.1, 0.15) is 0 Å². The molecule has 0 aliphatic rings. The van der Waals surface area contributed by atoms with E-state index in [4.69, 9.17) is 14.9 Å². The molecule has 1 aromatic heterocycles. The van der Waals surface area contributed by atoms with Crippen LogP contribution >= 0.6 is 0 Å². The molecule has 0 atom stereocenters. The molecule has 0 unspecified atom stereocenters. The Morgan fingerprint density at radius 1 is 1.42 bits per heavy atom. The molecular weight excluding hydrogens is 158 g/mol. The normalized spacial score (nSPS) is 10.4. The number of ether oxygens (including phenoxy) is 1. The van der Waals surface area contributed by atoms with E-state index in [0.29, 0.717) is 18.9 Å². The lowest BCUT2D eigenvalue weighted by atomic mass is 10.4. The Morgan fingerprint density at radius 2 is 2.25 bits per heavy atom. The van der Waals surface area contributed by atoms with E-state index in [2.05, 4.69) is 17.1 Å². The number of nitrogens with zero attached hydrogens (tertiary/aromatic N) is 2. The van der Waals surface area contributed by atoms with E-state index in [1.807, 2.05) is 0 Å². The summed E-state index contributed by atoms with van der Waals surface area (Å²) in [4.78, 5) is 0. The van der Waals surface area contributed by atoms with Gasteiger partial charge in [0.15, 0.2) is 0 Å². The Balaban J connectivity index is 2.15. The molecule has 5 heteroatoms. The van der Waals surface area contributed by atoms with Crippen LogP contribution in [0.5, 0.6) is 0 Å². The Kier molecular flexibility index (Phi) is 3.53. The van der Waals surface area contributed by atoms with Gasteiger partial charge >= 0.3 is 6.01 Å². The number of rotatable bonds is 5. The summed E-state index contributed by atoms with van der Waals surface area (Å²) in [6, 6.07) is 0.112. The minimum absolute atomic E-state index is 0.112. The van der Waals surface area contributed by atoms with Gasteiger partial charge in [-0.15, -0.1) is 5.10 Å². The third-order valence-corrected chi connectivity index (χ3v) is 1.29. The van der Waals surface area contributed by atoms with Crippen molar-refractivity contribution in [1.29, 1.82) is 0 Å². The molecule has 0 bridgehead atoms. The number of nitrogen functional groups attached to an aromatic ring is 1. The first-order valence-corrected chi connectivity index (χ1v) is 3.98. The first kappa shape index (κ1) is 8.99. The predicted octanol–water partition coefficient (Wildman–Crippen LogP) is 0.621. The maximum Gasteiger partial charge on any atom is 0.312 e. The highest BCUT2D eigenvalue weighted by atomic mass is 16.5. The minimum atomic E-state index is 0.112. The van der Waals surface area contributed by atoms with Crippen molar-refractivity contribution in [3.05, 3.63) is 5.89 Å². The standard InChI is InChI=1S/C7H13N3O2/c1-2-4-11-5-3-6-9-10-7(8)12-6/h2-5H2,1H3,(H2,8,10). The summed E-state index contributed by atoms with van der Waals surface area (Å²) in [5.74, 6) is 0.531. The fourth-order valence-corrected chi connectivity index (χ4v) is 0.773. The molecule has 0 saturated carbocycles. The van der Waals surface area contributed by atoms with Crippen LogP contribution in [0.1, 0.15) is 19.2 Å². The minimum Gasteiger partial charge on any atom is -0.408 e. The molecule has 0 fully saturated rings. The number of hydrogen-bond acceptors (Lipinski definition) is 5. The Hall–Kier alpha value is -1.10. The molecule has 1 aromatic rings. The number of aromatic nitrogens is 2. The zero-order chi connectivity index (χ0) is 8.81. The molecule has 5 nitrogen and oxygen atoms in total. The van der Waals surface area contributed by atoms with E-state index < -0.39 is 0 Å². The van der Waals surface area contributed by atoms with Gasteiger partial charge in [-0.05, 0) is 6.42 Å². The smallest absolute Gasteiger partial charge is 0.312 e. The van der Waals surface area contributed by atoms with Crippen LogP contribution in [0.3, 0.4) is 0 Å². The van der Waals surface area contributed by atoms with E-state index in [1.165, 1.54) is 0 Å². The number of anilines is 1. The van der Waals surface area contributed by atoms with Crippen LogP contribution in [0.2, 0.25) is 0 Å². The van der Waals surface area contributed by atoms with Crippen molar-refractivity contribution in [2.75, 3.05) is 18.9 Å². The second kappa shape index (κ2) is 4.71. The lowest BCUT2D eigenvalue weighted by Gasteiger charge is -1.97. The van der Waals surface area contributed by atoms with E-state index in [0.717, 1.165) is 13.0 Å². The summed E-state index contributed by atoms with van der Waals surface area (Å²) >= 11 is 0. The third kappa shape index (κ3) is 2.87. The van der Waals surface area contributed by atoms with Crippen molar-refractivity contribution in [2.24, 2.45) is 0 Å². The molecule has 12 heavy (non-hydrogen) atoms. The fourth-order valence-electron chi connectivity index (χ4n) is 0.773.